The van der Waals surface area contributed by atoms with Gasteiger partial charge in [-0.2, -0.15) is 0 Å². The van der Waals surface area contributed by atoms with E-state index in [2.05, 4.69) is 58.6 Å². The number of ketones is 1. The van der Waals surface area contributed by atoms with Crippen LogP contribution >= 0.6 is 0 Å². The van der Waals surface area contributed by atoms with Crippen LogP contribution in [0.5, 0.6) is 0 Å². The zero-order valence-corrected chi connectivity index (χ0v) is 41.7. The fourth-order valence-corrected chi connectivity index (χ4v) is 11.8. The Hall–Kier alpha value is -0.440. The van der Waals surface area contributed by atoms with Gasteiger partial charge in [0.2, 0.25) is 0 Å². The van der Waals surface area contributed by atoms with E-state index in [9.17, 15) is 24.9 Å². The Labute approximate surface area is 385 Å². The van der Waals surface area contributed by atoms with Crippen molar-refractivity contribution >= 4 is 11.8 Å². The number of nitrogens with zero attached hydrogens (tertiary/aromatic N) is 1. The average molecular weight is 856 g/mol. The number of hydrogen-bond donors (Lipinski definition) is 2. The molecule has 0 aromatic rings. The van der Waals surface area contributed by atoms with Crippen LogP contribution in [0.3, 0.4) is 0 Å². The molecule has 5 aliphatic rings. The molecule has 0 saturated carbocycles. The predicted molar refractivity (Wildman–Crippen MR) is 226 cm³/mol. The molecule has 0 amide bonds. The summed E-state index contributed by atoms with van der Waals surface area (Å²) in [5.74, 6) is -5.47. The van der Waals surface area contributed by atoms with Crippen LogP contribution in [0.2, 0.25) is 0 Å². The first kappa shape index (κ1) is 52.2. The summed E-state index contributed by atoms with van der Waals surface area (Å²) in [6.07, 6.45) is 10.0. The predicted octanol–water partition coefficient (Wildman–Crippen LogP) is 3.99. The van der Waals surface area contributed by atoms with E-state index < -0.39 is 70.7 Å². The van der Waals surface area contributed by atoms with Gasteiger partial charge in [0.05, 0.1) is 53.9 Å². The van der Waals surface area contributed by atoms with Gasteiger partial charge < -0.3 is 43.8 Å². The van der Waals surface area contributed by atoms with Gasteiger partial charge in [-0.1, -0.05) is 75.3 Å². The molecule has 5 aliphatic heterocycles. The number of aliphatic hydroxyl groups excluding tert-OH is 1. The van der Waals surface area contributed by atoms with E-state index in [-0.39, 0.29) is 77.4 Å². The molecule has 18 atom stereocenters. The van der Waals surface area contributed by atoms with Crippen molar-refractivity contribution in [3.05, 3.63) is 12.2 Å². The summed E-state index contributed by atoms with van der Waals surface area (Å²) in [5.41, 5.74) is -1.49. The van der Waals surface area contributed by atoms with Crippen LogP contribution in [0.4, 0.5) is 0 Å². The van der Waals surface area contributed by atoms with Crippen LogP contribution in [0.15, 0.2) is 12.2 Å². The van der Waals surface area contributed by atoms with Gasteiger partial charge in [0.25, 0.3) is 0 Å². The van der Waals surface area contributed by atoms with E-state index in [1.807, 2.05) is 41.5 Å². The topological polar surface area (TPSA) is 147 Å². The molecule has 4 saturated heterocycles. The van der Waals surface area contributed by atoms with Crippen molar-refractivity contribution in [3.63, 3.8) is 0 Å². The molecule has 60 heavy (non-hydrogen) atoms. The van der Waals surface area contributed by atoms with Crippen LogP contribution in [0.25, 0.3) is 0 Å². The molecule has 0 aliphatic carbocycles. The third-order valence-corrected chi connectivity index (χ3v) is 15.8. The second kappa shape index (κ2) is 21.2. The zero-order chi connectivity index (χ0) is 43.7. The van der Waals surface area contributed by atoms with Gasteiger partial charge in [-0.15, -0.1) is 0 Å². The Bertz CT molecular complexity index is 1450. The summed E-state index contributed by atoms with van der Waals surface area (Å²) in [7, 11) is 0. The average Bonchev–Trinajstić information content (AvgIpc) is 3.54. The standard InChI is InChI=1S/C48H83NO10.Na/c1-13-26-49(27-14-2)38-20-23-47(59-48(38)25-24-45(12,58-48)39-21-22-46(54,17-5)34(11)55-39)31(8)28-30(7)43(57-47)36(16-4)41(51)32(9)40(50)33(10)42-29(6)18-19-37(56-42)35(15-3)44(52)53;/h20,23,29-40,42-43,50,54H,13-19,21-22,24-28H2,1-12H3,(H,52,53);/q;+1/p-1/t29-,30-,31+,32-,33-,34-,35+,36-,37+,38-,39+,40+,42+,43-,45-,46+,47-,48-;/m0./s1. The monoisotopic (exact) mass is 856 g/mol. The minimum Gasteiger partial charge on any atom is -0.550 e. The maximum Gasteiger partial charge on any atom is 1.00 e. The van der Waals surface area contributed by atoms with E-state index in [1.54, 1.807) is 0 Å². The van der Waals surface area contributed by atoms with Crippen molar-refractivity contribution in [2.75, 3.05) is 13.1 Å². The fourth-order valence-electron chi connectivity index (χ4n) is 11.8. The Kier molecular flexibility index (Phi) is 18.5. The van der Waals surface area contributed by atoms with Gasteiger partial charge in [0.15, 0.2) is 11.6 Å². The quantitative estimate of drug-likeness (QED) is 0.162. The molecule has 0 bridgehead atoms. The number of aliphatic hydroxyl groups is 2. The number of carbonyl (C=O) groups excluding carboxylic acids is 2. The van der Waals surface area contributed by atoms with Crippen LogP contribution in [0, 0.1) is 41.4 Å². The van der Waals surface area contributed by atoms with Gasteiger partial charge >= 0.3 is 29.6 Å². The Morgan fingerprint density at radius 1 is 0.867 bits per heavy atom. The van der Waals surface area contributed by atoms with E-state index in [0.29, 0.717) is 44.9 Å². The smallest absolute Gasteiger partial charge is 0.550 e. The third-order valence-electron chi connectivity index (χ3n) is 15.8. The zero-order valence-electron chi connectivity index (χ0n) is 39.7. The molecule has 0 aromatic carbocycles. The Balaban J connectivity index is 0.00000794. The van der Waals surface area contributed by atoms with Crippen LogP contribution in [0.1, 0.15) is 160 Å². The molecule has 5 rings (SSSR count). The molecule has 340 valence electrons. The maximum atomic E-state index is 14.7. The van der Waals surface area contributed by atoms with Gasteiger partial charge in [-0.3, -0.25) is 9.69 Å². The maximum absolute atomic E-state index is 14.7. The molecule has 11 nitrogen and oxygen atoms in total. The first-order valence-electron chi connectivity index (χ1n) is 23.8. The first-order chi connectivity index (χ1) is 27.8. The number of hydrogen-bond acceptors (Lipinski definition) is 11. The summed E-state index contributed by atoms with van der Waals surface area (Å²) >= 11 is 0. The van der Waals surface area contributed by atoms with Crippen molar-refractivity contribution in [2.45, 2.75) is 226 Å². The van der Waals surface area contributed by atoms with Crippen LogP contribution in [-0.2, 0) is 33.3 Å². The van der Waals surface area contributed by atoms with Crippen molar-refractivity contribution in [1.29, 1.82) is 0 Å². The van der Waals surface area contributed by atoms with Crippen molar-refractivity contribution in [3.8, 4) is 0 Å². The molecular weight excluding hydrogens is 774 g/mol. The Morgan fingerprint density at radius 2 is 1.52 bits per heavy atom. The number of Topliss-reactive ketones (excluding diaryl/α,β-unsaturated/α-hetero) is 1. The summed E-state index contributed by atoms with van der Waals surface area (Å²) in [5, 5.41) is 35.0. The van der Waals surface area contributed by atoms with E-state index >= 15 is 0 Å². The van der Waals surface area contributed by atoms with E-state index in [4.69, 9.17) is 23.7 Å². The summed E-state index contributed by atoms with van der Waals surface area (Å²) < 4.78 is 35.2. The fraction of sp³-hybridized carbons (Fsp3) is 0.917. The van der Waals surface area contributed by atoms with Crippen molar-refractivity contribution in [2.24, 2.45) is 41.4 Å². The second-order valence-corrected chi connectivity index (χ2v) is 19.9. The Morgan fingerprint density at radius 3 is 2.08 bits per heavy atom. The van der Waals surface area contributed by atoms with Crippen LogP contribution < -0.4 is 34.7 Å². The molecule has 4 fully saturated rings. The summed E-state index contributed by atoms with van der Waals surface area (Å²) in [4.78, 5) is 29.1. The molecule has 2 spiro atoms. The van der Waals surface area contributed by atoms with E-state index in [1.165, 1.54) is 0 Å². The molecule has 0 radical (unpaired) electrons. The van der Waals surface area contributed by atoms with Crippen molar-refractivity contribution in [1.82, 2.24) is 4.90 Å². The number of rotatable bonds is 17. The molecule has 5 heterocycles. The number of carboxylic acids is 1. The molecule has 0 unspecified atom stereocenters. The van der Waals surface area contributed by atoms with Gasteiger partial charge in [-0.25, -0.2) is 0 Å². The third kappa shape index (κ3) is 10.3. The number of carboxylic acid groups (broad SMARTS) is 1. The van der Waals surface area contributed by atoms with Crippen LogP contribution in [-0.4, -0.2) is 105 Å². The number of carbonyl (C=O) groups is 2. The minimum absolute atomic E-state index is 0. The van der Waals surface area contributed by atoms with Gasteiger partial charge in [0.1, 0.15) is 5.78 Å². The minimum atomic E-state index is -1.13. The SMILES string of the molecule is CCCN(CCC)[C@H]1C=C[C@]2(O[C@H]([C@@H](CC)C(=O)[C@@H](C)[C@@H](O)[C@H](C)[C@@H]3O[C@@H]([C@@H](CC)C(=O)[O-])CC[C@@H]3C)[C@@H](C)C[C@H]2C)O[C@@]12CC[C@@](C)([C@H]1CC[C@](O)(CC)[C@H](C)O1)O2.[Na+]. The normalized spacial score (nSPS) is 42.1. The van der Waals surface area contributed by atoms with Gasteiger partial charge in [-0.05, 0) is 115 Å². The largest absolute Gasteiger partial charge is 1.00 e. The summed E-state index contributed by atoms with van der Waals surface area (Å²) in [6, 6.07) is -0.152. The first-order valence-corrected chi connectivity index (χ1v) is 23.8. The number of aliphatic carboxylic acids is 1. The second-order valence-electron chi connectivity index (χ2n) is 19.9. The molecule has 2 N–H and O–H groups in total. The molecule has 0 aromatic heterocycles. The summed E-state index contributed by atoms with van der Waals surface area (Å²) in [6.45, 7) is 26.3. The van der Waals surface area contributed by atoms with Crippen molar-refractivity contribution < 1.29 is 78.2 Å². The molecule has 12 heteroatoms. The van der Waals surface area contributed by atoms with Gasteiger partial charge in [0, 0.05) is 42.0 Å². The molecular formula is C48H82NNaO10. The number of ether oxygens (including phenoxy) is 5. The van der Waals surface area contributed by atoms with E-state index in [0.717, 1.165) is 45.2 Å².